The van der Waals surface area contributed by atoms with Crippen LogP contribution < -0.4 is 5.90 Å². The molecule has 0 saturated carbocycles. The van der Waals surface area contributed by atoms with Crippen LogP contribution >= 0.6 is 0 Å². The number of phenols is 1. The van der Waals surface area contributed by atoms with Crippen LogP contribution in [-0.2, 0) is 11.4 Å². The standard InChI is InChI=1S/C11H18N2O2/c1-8(15-12)9-4-5-11(14)10(6-9)7-13(2)3/h4-6,8,14H,7,12H2,1-3H3. The number of hydrogen-bond donors (Lipinski definition) is 2. The van der Waals surface area contributed by atoms with E-state index in [2.05, 4.69) is 0 Å². The SMILES string of the molecule is CC(ON)c1ccc(O)c(CN(C)C)c1. The van der Waals surface area contributed by atoms with Crippen LogP contribution in [0.15, 0.2) is 18.2 Å². The summed E-state index contributed by atoms with van der Waals surface area (Å²) in [6.45, 7) is 2.56. The van der Waals surface area contributed by atoms with Gasteiger partial charge >= 0.3 is 0 Å². The minimum atomic E-state index is -0.161. The normalized spacial score (nSPS) is 13.1. The molecule has 1 unspecified atom stereocenters. The van der Waals surface area contributed by atoms with Crippen LogP contribution in [0.1, 0.15) is 24.2 Å². The first kappa shape index (κ1) is 12.0. The predicted octanol–water partition coefficient (Wildman–Crippen LogP) is 1.41. The quantitative estimate of drug-likeness (QED) is 0.738. The van der Waals surface area contributed by atoms with E-state index in [9.17, 15) is 5.11 Å². The summed E-state index contributed by atoms with van der Waals surface area (Å²) in [6.07, 6.45) is -0.161. The van der Waals surface area contributed by atoms with Crippen molar-refractivity contribution in [3.8, 4) is 5.75 Å². The van der Waals surface area contributed by atoms with Gasteiger partial charge in [0, 0.05) is 12.1 Å². The van der Waals surface area contributed by atoms with Gasteiger partial charge in [0.15, 0.2) is 0 Å². The first-order valence-electron chi connectivity index (χ1n) is 4.86. The van der Waals surface area contributed by atoms with Crippen molar-refractivity contribution in [2.45, 2.75) is 19.6 Å². The van der Waals surface area contributed by atoms with Crippen molar-refractivity contribution in [2.24, 2.45) is 5.90 Å². The molecule has 3 N–H and O–H groups in total. The molecule has 0 spiro atoms. The second-order valence-corrected chi connectivity index (χ2v) is 3.90. The molecule has 0 radical (unpaired) electrons. The zero-order chi connectivity index (χ0) is 11.4. The van der Waals surface area contributed by atoms with Gasteiger partial charge in [0.1, 0.15) is 11.9 Å². The number of benzene rings is 1. The van der Waals surface area contributed by atoms with Crippen molar-refractivity contribution in [3.63, 3.8) is 0 Å². The molecule has 0 aromatic heterocycles. The summed E-state index contributed by atoms with van der Waals surface area (Å²) in [5.74, 6) is 5.42. The van der Waals surface area contributed by atoms with E-state index >= 15 is 0 Å². The van der Waals surface area contributed by atoms with Crippen LogP contribution in [0.3, 0.4) is 0 Å². The van der Waals surface area contributed by atoms with Gasteiger partial charge in [0.2, 0.25) is 0 Å². The summed E-state index contributed by atoms with van der Waals surface area (Å²) in [7, 11) is 3.91. The van der Waals surface area contributed by atoms with Crippen molar-refractivity contribution >= 4 is 0 Å². The van der Waals surface area contributed by atoms with E-state index in [0.29, 0.717) is 12.3 Å². The fourth-order valence-electron chi connectivity index (χ4n) is 1.40. The van der Waals surface area contributed by atoms with Crippen LogP contribution in [0, 0.1) is 0 Å². The lowest BCUT2D eigenvalue weighted by atomic mass is 10.1. The molecule has 0 fully saturated rings. The summed E-state index contributed by atoms with van der Waals surface area (Å²) in [5.41, 5.74) is 1.84. The number of rotatable bonds is 4. The number of hydrogen-bond acceptors (Lipinski definition) is 4. The van der Waals surface area contributed by atoms with Gasteiger partial charge in [0.05, 0.1) is 0 Å². The summed E-state index contributed by atoms with van der Waals surface area (Å²) < 4.78 is 0. The molecule has 84 valence electrons. The van der Waals surface area contributed by atoms with Crippen molar-refractivity contribution < 1.29 is 9.94 Å². The topological polar surface area (TPSA) is 58.7 Å². The van der Waals surface area contributed by atoms with Crippen LogP contribution in [-0.4, -0.2) is 24.1 Å². The highest BCUT2D eigenvalue weighted by molar-refractivity contribution is 5.36. The van der Waals surface area contributed by atoms with Gasteiger partial charge in [-0.1, -0.05) is 6.07 Å². The maximum atomic E-state index is 9.64. The van der Waals surface area contributed by atoms with Gasteiger partial charge in [0.25, 0.3) is 0 Å². The third-order valence-corrected chi connectivity index (χ3v) is 2.26. The second-order valence-electron chi connectivity index (χ2n) is 3.90. The molecule has 0 aliphatic rings. The van der Waals surface area contributed by atoms with Crippen molar-refractivity contribution in [3.05, 3.63) is 29.3 Å². The average Bonchev–Trinajstić information content (AvgIpc) is 2.19. The third kappa shape index (κ3) is 3.20. The maximum absolute atomic E-state index is 9.64. The lowest BCUT2D eigenvalue weighted by molar-refractivity contribution is 0.0663. The van der Waals surface area contributed by atoms with E-state index in [1.807, 2.05) is 38.1 Å². The monoisotopic (exact) mass is 210 g/mol. The van der Waals surface area contributed by atoms with Gasteiger partial charge in [-0.15, -0.1) is 0 Å². The largest absolute Gasteiger partial charge is 0.508 e. The Bertz CT molecular complexity index is 326. The number of nitrogens with two attached hydrogens (primary N) is 1. The molecule has 1 aromatic carbocycles. The Morgan fingerprint density at radius 1 is 1.47 bits per heavy atom. The number of nitrogens with zero attached hydrogens (tertiary/aromatic N) is 1. The Morgan fingerprint density at radius 2 is 2.13 bits per heavy atom. The highest BCUT2D eigenvalue weighted by Crippen LogP contribution is 2.24. The van der Waals surface area contributed by atoms with Gasteiger partial charge < -0.3 is 10.0 Å². The summed E-state index contributed by atoms with van der Waals surface area (Å²) >= 11 is 0. The van der Waals surface area contributed by atoms with Gasteiger partial charge in [-0.3, -0.25) is 4.84 Å². The summed E-state index contributed by atoms with van der Waals surface area (Å²) in [5, 5.41) is 9.64. The Hall–Kier alpha value is -1.10. The van der Waals surface area contributed by atoms with Crippen LogP contribution in [0.4, 0.5) is 0 Å². The molecule has 0 heterocycles. The van der Waals surface area contributed by atoms with Crippen molar-refractivity contribution in [1.29, 1.82) is 0 Å². The first-order chi connectivity index (χ1) is 7.04. The predicted molar refractivity (Wildman–Crippen MR) is 59.2 cm³/mol. The number of phenolic OH excluding ortho intramolecular Hbond substituents is 1. The van der Waals surface area contributed by atoms with Gasteiger partial charge in [-0.2, -0.15) is 0 Å². The van der Waals surface area contributed by atoms with Crippen molar-refractivity contribution in [2.75, 3.05) is 14.1 Å². The third-order valence-electron chi connectivity index (χ3n) is 2.26. The Kier molecular flexibility index (Phi) is 4.08. The molecule has 0 bridgehead atoms. The van der Waals surface area contributed by atoms with Crippen LogP contribution in [0.5, 0.6) is 5.75 Å². The minimum Gasteiger partial charge on any atom is -0.508 e. The van der Waals surface area contributed by atoms with Crippen molar-refractivity contribution in [1.82, 2.24) is 4.90 Å². The lowest BCUT2D eigenvalue weighted by Crippen LogP contribution is -2.12. The fourth-order valence-corrected chi connectivity index (χ4v) is 1.40. The molecule has 0 amide bonds. The molecule has 4 nitrogen and oxygen atoms in total. The molecule has 1 aromatic rings. The molecular formula is C11H18N2O2. The van der Waals surface area contributed by atoms with Crippen LogP contribution in [0.25, 0.3) is 0 Å². The Morgan fingerprint density at radius 3 is 2.67 bits per heavy atom. The zero-order valence-electron chi connectivity index (χ0n) is 9.40. The molecule has 0 aliphatic carbocycles. The first-order valence-corrected chi connectivity index (χ1v) is 4.86. The van der Waals surface area contributed by atoms with Gasteiger partial charge in [-0.05, 0) is 38.7 Å². The smallest absolute Gasteiger partial charge is 0.120 e. The highest BCUT2D eigenvalue weighted by Gasteiger charge is 2.08. The van der Waals surface area contributed by atoms with E-state index in [1.165, 1.54) is 0 Å². The average molecular weight is 210 g/mol. The molecule has 0 aliphatic heterocycles. The summed E-state index contributed by atoms with van der Waals surface area (Å²) in [4.78, 5) is 6.73. The van der Waals surface area contributed by atoms with E-state index in [0.717, 1.165) is 11.1 Å². The molecule has 1 rings (SSSR count). The van der Waals surface area contributed by atoms with Crippen LogP contribution in [0.2, 0.25) is 0 Å². The highest BCUT2D eigenvalue weighted by atomic mass is 16.6. The van der Waals surface area contributed by atoms with E-state index < -0.39 is 0 Å². The molecule has 0 saturated heterocycles. The molecule has 15 heavy (non-hydrogen) atoms. The van der Waals surface area contributed by atoms with Gasteiger partial charge in [-0.25, -0.2) is 5.90 Å². The Labute approximate surface area is 90.2 Å². The van der Waals surface area contributed by atoms with E-state index in [1.54, 1.807) is 6.07 Å². The van der Waals surface area contributed by atoms with E-state index in [4.69, 9.17) is 10.7 Å². The molecule has 1 atom stereocenters. The van der Waals surface area contributed by atoms with E-state index in [-0.39, 0.29) is 6.10 Å². The second kappa shape index (κ2) is 5.11. The maximum Gasteiger partial charge on any atom is 0.120 e. The zero-order valence-corrected chi connectivity index (χ0v) is 9.40. The molecular weight excluding hydrogens is 192 g/mol. The Balaban J connectivity index is 2.94. The fraction of sp³-hybridized carbons (Fsp3) is 0.455. The lowest BCUT2D eigenvalue weighted by Gasteiger charge is -2.14. The molecule has 4 heteroatoms. The number of aromatic hydroxyl groups is 1. The summed E-state index contributed by atoms with van der Waals surface area (Å²) in [6, 6.07) is 5.39. The minimum absolute atomic E-state index is 0.161.